The molecule has 1 heterocycles. The fraction of sp³-hybridized carbons (Fsp3) is 0.750. The van der Waals surface area contributed by atoms with Crippen LogP contribution in [0.5, 0.6) is 0 Å². The van der Waals surface area contributed by atoms with Gasteiger partial charge in [-0.15, -0.1) is 0 Å². The van der Waals surface area contributed by atoms with Gasteiger partial charge in [-0.3, -0.25) is 0 Å². The molecule has 1 aliphatic rings. The van der Waals surface area contributed by atoms with Crippen LogP contribution in [0.4, 0.5) is 5.82 Å². The van der Waals surface area contributed by atoms with E-state index in [1.807, 2.05) is 13.0 Å². The fourth-order valence-corrected chi connectivity index (χ4v) is 2.70. The number of rotatable bonds is 5. The lowest BCUT2D eigenvalue weighted by atomic mass is 9.76. The van der Waals surface area contributed by atoms with Gasteiger partial charge in [0, 0.05) is 18.3 Å². The molecule has 4 heteroatoms. The van der Waals surface area contributed by atoms with Crippen LogP contribution in [0, 0.1) is 12.3 Å². The van der Waals surface area contributed by atoms with Gasteiger partial charge in [-0.05, 0) is 44.9 Å². The Balaban J connectivity index is 1.88. The van der Waals surface area contributed by atoms with Gasteiger partial charge < -0.3 is 10.1 Å². The van der Waals surface area contributed by atoms with Crippen molar-refractivity contribution < 1.29 is 4.74 Å². The van der Waals surface area contributed by atoms with Gasteiger partial charge in [0.1, 0.15) is 12.4 Å². The minimum atomic E-state index is 0.370. The standard InChI is InChI=1S/C16H27N3O/c1-5-17-14-10-12(2)18-15(19-14)11-20-13-6-8-16(3,4)9-7-13/h10,13H,5-9,11H2,1-4H3,(H,17,18,19). The van der Waals surface area contributed by atoms with E-state index in [0.717, 1.165) is 36.7 Å². The summed E-state index contributed by atoms with van der Waals surface area (Å²) in [7, 11) is 0. The van der Waals surface area contributed by atoms with Crippen LogP contribution in [0.1, 0.15) is 58.0 Å². The minimum absolute atomic E-state index is 0.370. The van der Waals surface area contributed by atoms with Crippen LogP contribution in [0.3, 0.4) is 0 Å². The highest BCUT2D eigenvalue weighted by Crippen LogP contribution is 2.36. The highest BCUT2D eigenvalue weighted by atomic mass is 16.5. The van der Waals surface area contributed by atoms with Gasteiger partial charge in [0.25, 0.3) is 0 Å². The van der Waals surface area contributed by atoms with Crippen molar-refractivity contribution in [3.63, 3.8) is 0 Å². The van der Waals surface area contributed by atoms with E-state index in [4.69, 9.17) is 4.74 Å². The summed E-state index contributed by atoms with van der Waals surface area (Å²) in [4.78, 5) is 8.94. The quantitative estimate of drug-likeness (QED) is 0.891. The number of hydrogen-bond donors (Lipinski definition) is 1. The second-order valence-electron chi connectivity index (χ2n) is 6.52. The predicted molar refractivity (Wildman–Crippen MR) is 81.8 cm³/mol. The minimum Gasteiger partial charge on any atom is -0.370 e. The number of ether oxygens (including phenoxy) is 1. The molecule has 0 radical (unpaired) electrons. The van der Waals surface area contributed by atoms with E-state index < -0.39 is 0 Å². The van der Waals surface area contributed by atoms with Crippen molar-refractivity contribution in [3.8, 4) is 0 Å². The van der Waals surface area contributed by atoms with Crippen molar-refractivity contribution in [2.24, 2.45) is 5.41 Å². The normalized spacial score (nSPS) is 19.0. The molecule has 0 unspecified atom stereocenters. The Labute approximate surface area is 122 Å². The van der Waals surface area contributed by atoms with Gasteiger partial charge in [-0.1, -0.05) is 13.8 Å². The van der Waals surface area contributed by atoms with Crippen LogP contribution in [0.15, 0.2) is 6.07 Å². The number of aryl methyl sites for hydroxylation is 1. The molecule has 2 rings (SSSR count). The lowest BCUT2D eigenvalue weighted by Crippen LogP contribution is -2.26. The Hall–Kier alpha value is -1.16. The van der Waals surface area contributed by atoms with Gasteiger partial charge in [0.05, 0.1) is 6.10 Å². The Morgan fingerprint density at radius 1 is 1.30 bits per heavy atom. The predicted octanol–water partition coefficient (Wildman–Crippen LogP) is 3.70. The average molecular weight is 277 g/mol. The molecule has 4 nitrogen and oxygen atoms in total. The molecular formula is C16H27N3O. The summed E-state index contributed by atoms with van der Waals surface area (Å²) in [6, 6.07) is 1.97. The third-order valence-electron chi connectivity index (χ3n) is 3.99. The van der Waals surface area contributed by atoms with Crippen molar-refractivity contribution >= 4 is 5.82 Å². The molecule has 0 aliphatic heterocycles. The zero-order valence-electron chi connectivity index (χ0n) is 13.2. The van der Waals surface area contributed by atoms with E-state index in [2.05, 4.69) is 36.1 Å². The molecule has 1 saturated carbocycles. The van der Waals surface area contributed by atoms with E-state index in [1.165, 1.54) is 12.8 Å². The van der Waals surface area contributed by atoms with Gasteiger partial charge in [-0.2, -0.15) is 0 Å². The summed E-state index contributed by atoms with van der Waals surface area (Å²) < 4.78 is 6.00. The van der Waals surface area contributed by atoms with Crippen molar-refractivity contribution in [3.05, 3.63) is 17.6 Å². The van der Waals surface area contributed by atoms with Crippen molar-refractivity contribution in [2.75, 3.05) is 11.9 Å². The Morgan fingerprint density at radius 3 is 2.65 bits per heavy atom. The topological polar surface area (TPSA) is 47.0 Å². The van der Waals surface area contributed by atoms with Crippen LogP contribution in [0.2, 0.25) is 0 Å². The SMILES string of the molecule is CCNc1cc(C)nc(COC2CCC(C)(C)CC2)n1. The number of anilines is 1. The van der Waals surface area contributed by atoms with E-state index in [9.17, 15) is 0 Å². The Bertz CT molecular complexity index is 435. The third kappa shape index (κ3) is 4.44. The fourth-order valence-electron chi connectivity index (χ4n) is 2.70. The molecule has 20 heavy (non-hydrogen) atoms. The number of nitrogens with zero attached hydrogens (tertiary/aromatic N) is 2. The highest BCUT2D eigenvalue weighted by molar-refractivity contribution is 5.35. The maximum atomic E-state index is 6.00. The summed E-state index contributed by atoms with van der Waals surface area (Å²) >= 11 is 0. The van der Waals surface area contributed by atoms with Crippen LogP contribution in [-0.2, 0) is 11.3 Å². The summed E-state index contributed by atoms with van der Waals surface area (Å²) in [5.74, 6) is 1.68. The zero-order valence-corrected chi connectivity index (χ0v) is 13.2. The first-order valence-electron chi connectivity index (χ1n) is 7.68. The van der Waals surface area contributed by atoms with Crippen molar-refractivity contribution in [2.45, 2.75) is 66.1 Å². The van der Waals surface area contributed by atoms with Gasteiger partial charge in [-0.25, -0.2) is 9.97 Å². The molecule has 0 atom stereocenters. The molecular weight excluding hydrogens is 250 g/mol. The van der Waals surface area contributed by atoms with Gasteiger partial charge in [0.15, 0.2) is 5.82 Å². The zero-order chi connectivity index (χ0) is 14.6. The van der Waals surface area contributed by atoms with E-state index >= 15 is 0 Å². The second-order valence-corrected chi connectivity index (χ2v) is 6.52. The molecule has 0 bridgehead atoms. The molecule has 0 spiro atoms. The lowest BCUT2D eigenvalue weighted by molar-refractivity contribution is -0.00829. The third-order valence-corrected chi connectivity index (χ3v) is 3.99. The number of aromatic nitrogens is 2. The maximum absolute atomic E-state index is 6.00. The van der Waals surface area contributed by atoms with Crippen LogP contribution in [0.25, 0.3) is 0 Å². The molecule has 1 aromatic rings. The van der Waals surface area contributed by atoms with E-state index in [0.29, 0.717) is 18.1 Å². The lowest BCUT2D eigenvalue weighted by Gasteiger charge is -2.34. The van der Waals surface area contributed by atoms with Gasteiger partial charge >= 0.3 is 0 Å². The molecule has 0 amide bonds. The second kappa shape index (κ2) is 6.53. The van der Waals surface area contributed by atoms with Crippen LogP contribution in [-0.4, -0.2) is 22.6 Å². The molecule has 1 fully saturated rings. The summed E-state index contributed by atoms with van der Waals surface area (Å²) in [6.45, 7) is 10.1. The summed E-state index contributed by atoms with van der Waals surface area (Å²) in [5.41, 5.74) is 1.47. The van der Waals surface area contributed by atoms with E-state index in [-0.39, 0.29) is 0 Å². The molecule has 112 valence electrons. The molecule has 0 saturated heterocycles. The van der Waals surface area contributed by atoms with E-state index in [1.54, 1.807) is 0 Å². The molecule has 1 aromatic heterocycles. The Morgan fingerprint density at radius 2 is 2.00 bits per heavy atom. The molecule has 1 aliphatic carbocycles. The Kier molecular flexibility index (Phi) is 4.97. The van der Waals surface area contributed by atoms with Crippen LogP contribution < -0.4 is 5.32 Å². The average Bonchev–Trinajstić information content (AvgIpc) is 2.37. The van der Waals surface area contributed by atoms with Gasteiger partial charge in [0.2, 0.25) is 0 Å². The number of nitrogens with one attached hydrogen (secondary N) is 1. The monoisotopic (exact) mass is 277 g/mol. The first kappa shape index (κ1) is 15.2. The first-order valence-corrected chi connectivity index (χ1v) is 7.68. The summed E-state index contributed by atoms with van der Waals surface area (Å²) in [6.07, 6.45) is 5.16. The molecule has 1 N–H and O–H groups in total. The van der Waals surface area contributed by atoms with Crippen molar-refractivity contribution in [1.82, 2.24) is 9.97 Å². The first-order chi connectivity index (χ1) is 9.48. The molecule has 0 aromatic carbocycles. The van der Waals surface area contributed by atoms with Crippen LogP contribution >= 0.6 is 0 Å². The van der Waals surface area contributed by atoms with Crippen molar-refractivity contribution in [1.29, 1.82) is 0 Å². The summed E-state index contributed by atoms with van der Waals surface area (Å²) in [5, 5.41) is 3.23. The number of hydrogen-bond acceptors (Lipinski definition) is 4. The smallest absolute Gasteiger partial charge is 0.156 e. The maximum Gasteiger partial charge on any atom is 0.156 e. The highest BCUT2D eigenvalue weighted by Gasteiger charge is 2.27. The largest absolute Gasteiger partial charge is 0.370 e.